The molecule has 0 radical (unpaired) electrons. The zero-order chi connectivity index (χ0) is 51.3. The van der Waals surface area contributed by atoms with Gasteiger partial charge in [-0.15, -0.1) is 0 Å². The van der Waals surface area contributed by atoms with Crippen molar-refractivity contribution in [3.8, 4) is 0 Å². The monoisotopic (exact) mass is 1150 g/mol. The van der Waals surface area contributed by atoms with Gasteiger partial charge in [0.05, 0.1) is 25.7 Å². The fourth-order valence-corrected chi connectivity index (χ4v) is 12.5. The number of allylic oxidation sites excluding steroid dienone is 6. The van der Waals surface area contributed by atoms with E-state index >= 15 is 0 Å². The van der Waals surface area contributed by atoms with Crippen molar-refractivity contribution in [1.29, 1.82) is 0 Å². The SMILES string of the molecule is CC(CCN1/C(=C/C=C(Br)/C=C/C2=[N+](CCC(C)S(=O)(=O)O)c3ccc4c(S(=O)(=O)O)cc(S(=O)(=O)O)cc4c3C2(C)C)C(C)(C)c2c1ccc1c(S(=O)(=O)O)cc(S(=O)(=O)O)cc21)S(=O)(=O)O.[NaH]. The van der Waals surface area contributed by atoms with Crippen LogP contribution in [0.5, 0.6) is 0 Å². The van der Waals surface area contributed by atoms with Gasteiger partial charge in [-0.2, -0.15) is 55.1 Å². The van der Waals surface area contributed by atoms with E-state index in [1.54, 1.807) is 61.5 Å². The predicted molar refractivity (Wildman–Crippen MR) is 263 cm³/mol. The van der Waals surface area contributed by atoms with Crippen molar-refractivity contribution in [3.05, 3.63) is 94.1 Å². The second-order valence-electron chi connectivity index (χ2n) is 17.5. The normalized spacial score (nSPS) is 18.2. The molecule has 6 rings (SSSR count). The molecular weight excluding hydrogens is 1100 g/mol. The molecular formula is C41H47BrN2NaO18S6+. The van der Waals surface area contributed by atoms with Gasteiger partial charge in [-0.1, -0.05) is 35.8 Å². The molecule has 6 N–H and O–H groups in total. The van der Waals surface area contributed by atoms with Gasteiger partial charge in [0.25, 0.3) is 60.7 Å². The number of halogens is 1. The Balaban J connectivity index is 0.00000888. The third kappa shape index (κ3) is 11.3. The van der Waals surface area contributed by atoms with Crippen molar-refractivity contribution in [2.24, 2.45) is 0 Å². The summed E-state index contributed by atoms with van der Waals surface area (Å²) >= 11 is 3.54. The summed E-state index contributed by atoms with van der Waals surface area (Å²) in [4.78, 5) is -1.60. The Morgan fingerprint density at radius 1 is 0.638 bits per heavy atom. The summed E-state index contributed by atoms with van der Waals surface area (Å²) in [5.41, 5.74) is -0.0871. The summed E-state index contributed by atoms with van der Waals surface area (Å²) in [5, 5.41) is -2.68. The molecule has 0 bridgehead atoms. The van der Waals surface area contributed by atoms with Crippen LogP contribution in [0.4, 0.5) is 11.4 Å². The van der Waals surface area contributed by atoms with E-state index in [-0.39, 0.29) is 77.0 Å². The standard InChI is InChI=1S/C41H45BrN2O18S6.Na.H/c1-23(63(45,46)47)15-17-43-32-11-9-28-30(19-26(65(51,52)53)21-34(28)67(57,58)59)38(32)40(3,4)36(43)13-7-25(42)8-14-37-41(5,6)39-31-20-27(66(54,55)56)22-35(68(60,61)62)29(31)10-12-33(39)44(37)18-16-24(2)64(48,49)50;;/h7-14,19-24H,15-18H2,1-6H3,(H5-,45,46,47,48,49,50,51,52,53,54,55,56,57,58,59,60,61,62);;/p+1. The van der Waals surface area contributed by atoms with Crippen LogP contribution in [0.15, 0.2) is 103 Å². The first-order chi connectivity index (χ1) is 30.8. The Morgan fingerprint density at radius 2 is 1.10 bits per heavy atom. The molecule has 0 aromatic heterocycles. The van der Waals surface area contributed by atoms with E-state index in [1.165, 1.54) is 38.1 Å². The molecule has 2 unspecified atom stereocenters. The van der Waals surface area contributed by atoms with Crippen molar-refractivity contribution in [3.63, 3.8) is 0 Å². The summed E-state index contributed by atoms with van der Waals surface area (Å²) in [7, 11) is -29.2. The molecule has 0 amide bonds. The summed E-state index contributed by atoms with van der Waals surface area (Å²) in [6.45, 7) is 9.28. The zero-order valence-corrected chi connectivity index (χ0v) is 43.2. The number of benzene rings is 4. The molecule has 2 aliphatic heterocycles. The zero-order valence-electron chi connectivity index (χ0n) is 36.7. The van der Waals surface area contributed by atoms with Gasteiger partial charge in [0.1, 0.15) is 9.79 Å². The molecule has 0 spiro atoms. The van der Waals surface area contributed by atoms with Crippen LogP contribution >= 0.6 is 15.9 Å². The number of hydrogen-bond acceptors (Lipinski definition) is 13. The van der Waals surface area contributed by atoms with Crippen LogP contribution in [0.3, 0.4) is 0 Å². The van der Waals surface area contributed by atoms with Crippen molar-refractivity contribution in [1.82, 2.24) is 0 Å². The maximum atomic E-state index is 12.6. The first kappa shape index (κ1) is 56.9. The van der Waals surface area contributed by atoms with Crippen LogP contribution in [-0.4, -0.2) is 141 Å². The molecule has 2 aliphatic rings. The number of hydrogen-bond donors (Lipinski definition) is 6. The van der Waals surface area contributed by atoms with Crippen molar-refractivity contribution in [2.45, 2.75) is 95.3 Å². The molecule has 69 heavy (non-hydrogen) atoms. The Labute approximate surface area is 430 Å². The average Bonchev–Trinajstić information content (AvgIpc) is 3.54. The predicted octanol–water partition coefficient (Wildman–Crippen LogP) is 5.56. The quantitative estimate of drug-likeness (QED) is 0.0367. The third-order valence-electron chi connectivity index (χ3n) is 12.3. The van der Waals surface area contributed by atoms with Gasteiger partial charge in [0.15, 0.2) is 12.3 Å². The first-order valence-corrected chi connectivity index (χ1v) is 29.6. The number of anilines is 1. The Kier molecular flexibility index (Phi) is 15.8. The molecule has 2 heterocycles. The molecule has 4 aromatic carbocycles. The fourth-order valence-electron chi connectivity index (χ4n) is 8.78. The molecule has 0 aliphatic carbocycles. The van der Waals surface area contributed by atoms with Crippen molar-refractivity contribution < 1.29 is 82.4 Å². The molecule has 0 fully saturated rings. The van der Waals surface area contributed by atoms with E-state index in [0.29, 0.717) is 50.5 Å². The topological polar surface area (TPSA) is 332 Å². The number of fused-ring (bicyclic) bond motifs is 6. The Hall–Kier alpha value is -2.97. The van der Waals surface area contributed by atoms with Crippen LogP contribution in [0.1, 0.15) is 65.5 Å². The Morgan fingerprint density at radius 3 is 1.57 bits per heavy atom. The van der Waals surface area contributed by atoms with Gasteiger partial charge in [0, 0.05) is 62.7 Å². The first-order valence-electron chi connectivity index (χ1n) is 20.0. The second-order valence-corrected chi connectivity index (χ2v) is 27.7. The van der Waals surface area contributed by atoms with Gasteiger partial charge in [-0.3, -0.25) is 27.3 Å². The minimum absolute atomic E-state index is 0. The van der Waals surface area contributed by atoms with Gasteiger partial charge in [-0.05, 0) is 105 Å². The van der Waals surface area contributed by atoms with Crippen LogP contribution in [-0.2, 0) is 71.5 Å². The number of rotatable bonds is 15. The van der Waals surface area contributed by atoms with Crippen molar-refractivity contribution >= 4 is 145 Å². The summed E-state index contributed by atoms with van der Waals surface area (Å²) in [5.74, 6) is 0. The molecule has 0 saturated heterocycles. The van der Waals surface area contributed by atoms with E-state index in [2.05, 4.69) is 15.9 Å². The fraction of sp³-hybridized carbons (Fsp3) is 0.341. The second kappa shape index (κ2) is 19.1. The van der Waals surface area contributed by atoms with E-state index in [0.717, 1.165) is 12.1 Å². The third-order valence-corrected chi connectivity index (χ3v) is 18.8. The summed E-state index contributed by atoms with van der Waals surface area (Å²) in [6.07, 6.45) is 6.15. The molecule has 372 valence electrons. The van der Waals surface area contributed by atoms with Gasteiger partial charge in [-0.25, -0.2) is 0 Å². The van der Waals surface area contributed by atoms with Gasteiger partial charge < -0.3 is 4.90 Å². The van der Waals surface area contributed by atoms with Crippen LogP contribution in [0, 0.1) is 0 Å². The van der Waals surface area contributed by atoms with Gasteiger partial charge in [0.2, 0.25) is 5.69 Å². The molecule has 20 nitrogen and oxygen atoms in total. The maximum absolute atomic E-state index is 12.6. The minimum atomic E-state index is -5.07. The molecule has 28 heteroatoms. The summed E-state index contributed by atoms with van der Waals surface area (Å²) < 4.78 is 210. The van der Waals surface area contributed by atoms with Crippen LogP contribution in [0.2, 0.25) is 0 Å². The number of nitrogens with zero attached hydrogens (tertiary/aromatic N) is 2. The van der Waals surface area contributed by atoms with E-state index in [1.807, 2.05) is 0 Å². The van der Waals surface area contributed by atoms with Gasteiger partial charge >= 0.3 is 29.6 Å². The van der Waals surface area contributed by atoms with E-state index in [4.69, 9.17) is 0 Å². The van der Waals surface area contributed by atoms with E-state index < -0.39 is 102 Å². The van der Waals surface area contributed by atoms with E-state index in [9.17, 15) is 77.8 Å². The van der Waals surface area contributed by atoms with Crippen LogP contribution < -0.4 is 4.90 Å². The molecule has 2 atom stereocenters. The summed E-state index contributed by atoms with van der Waals surface area (Å²) in [6, 6.07) is 8.95. The van der Waals surface area contributed by atoms with Crippen molar-refractivity contribution in [2.75, 3.05) is 18.0 Å². The average molecular weight is 1150 g/mol. The van der Waals surface area contributed by atoms with Crippen LogP contribution in [0.25, 0.3) is 21.5 Å². The molecule has 0 saturated carbocycles. The molecule has 4 aromatic rings. The Bertz CT molecular complexity index is 3680.